The van der Waals surface area contributed by atoms with Crippen molar-refractivity contribution in [1.29, 1.82) is 0 Å². The van der Waals surface area contributed by atoms with Crippen LogP contribution >= 0.6 is 11.6 Å². The highest BCUT2D eigenvalue weighted by molar-refractivity contribution is 6.30. The van der Waals surface area contributed by atoms with Crippen molar-refractivity contribution in [3.63, 3.8) is 0 Å². The molecule has 0 heterocycles. The Hall–Kier alpha value is -1.80. The van der Waals surface area contributed by atoms with E-state index in [1.165, 1.54) is 0 Å². The van der Waals surface area contributed by atoms with Crippen molar-refractivity contribution in [1.82, 2.24) is 0 Å². The van der Waals surface area contributed by atoms with Gasteiger partial charge in [-0.2, -0.15) is 0 Å². The predicted octanol–water partition coefficient (Wildman–Crippen LogP) is 4.01. The summed E-state index contributed by atoms with van der Waals surface area (Å²) < 4.78 is 0. The van der Waals surface area contributed by atoms with E-state index in [1.807, 2.05) is 54.6 Å². The summed E-state index contributed by atoms with van der Waals surface area (Å²) >= 11 is 6.01. The minimum Gasteiger partial charge on any atom is -0.325 e. The van der Waals surface area contributed by atoms with Gasteiger partial charge in [0.15, 0.2) is 0 Å². The molecule has 0 aromatic heterocycles. The summed E-state index contributed by atoms with van der Waals surface area (Å²) in [4.78, 5) is 12.5. The molecular formula is C16H14ClNO. The van der Waals surface area contributed by atoms with Crippen LogP contribution in [0.15, 0.2) is 54.6 Å². The Labute approximate surface area is 117 Å². The van der Waals surface area contributed by atoms with Crippen LogP contribution in [-0.4, -0.2) is 5.91 Å². The molecule has 2 nitrogen and oxygen atoms in total. The average molecular weight is 272 g/mol. The van der Waals surface area contributed by atoms with E-state index in [1.54, 1.807) is 0 Å². The molecule has 2 aromatic carbocycles. The molecule has 3 heteroatoms. The minimum atomic E-state index is -0.388. The molecule has 0 unspecified atom stereocenters. The predicted molar refractivity (Wildman–Crippen MR) is 77.4 cm³/mol. The number of hydrogen-bond donors (Lipinski definition) is 1. The maximum absolute atomic E-state index is 12.5. The van der Waals surface area contributed by atoms with E-state index in [0.717, 1.165) is 24.1 Å². The zero-order valence-corrected chi connectivity index (χ0v) is 11.2. The lowest BCUT2D eigenvalue weighted by Crippen LogP contribution is -2.27. The molecule has 0 spiro atoms. The lowest BCUT2D eigenvalue weighted by molar-refractivity contribution is -0.118. The number of amides is 1. The highest BCUT2D eigenvalue weighted by atomic mass is 35.5. The highest BCUT2D eigenvalue weighted by Crippen LogP contribution is 2.49. The molecule has 1 amide bonds. The maximum Gasteiger partial charge on any atom is 0.235 e. The number of carbonyl (C=O) groups excluding carboxylic acids is 1. The Morgan fingerprint density at radius 1 is 1.05 bits per heavy atom. The van der Waals surface area contributed by atoms with E-state index in [0.29, 0.717) is 5.02 Å². The Morgan fingerprint density at radius 2 is 1.79 bits per heavy atom. The lowest BCUT2D eigenvalue weighted by atomic mass is 9.95. The van der Waals surface area contributed by atoms with E-state index in [4.69, 9.17) is 11.6 Å². The summed E-state index contributed by atoms with van der Waals surface area (Å²) in [7, 11) is 0. The third-order valence-electron chi connectivity index (χ3n) is 3.59. The molecule has 19 heavy (non-hydrogen) atoms. The first kappa shape index (κ1) is 12.2. The molecule has 3 rings (SSSR count). The second-order valence-corrected chi connectivity index (χ2v) is 5.35. The molecule has 96 valence electrons. The topological polar surface area (TPSA) is 29.1 Å². The number of carbonyl (C=O) groups is 1. The van der Waals surface area contributed by atoms with Gasteiger partial charge in [0, 0.05) is 10.7 Å². The quantitative estimate of drug-likeness (QED) is 0.898. The molecule has 1 N–H and O–H groups in total. The van der Waals surface area contributed by atoms with E-state index >= 15 is 0 Å². The van der Waals surface area contributed by atoms with Crippen molar-refractivity contribution < 1.29 is 4.79 Å². The van der Waals surface area contributed by atoms with Crippen LogP contribution in [0.4, 0.5) is 5.69 Å². The van der Waals surface area contributed by atoms with Crippen LogP contribution in [0.5, 0.6) is 0 Å². The van der Waals surface area contributed by atoms with Gasteiger partial charge in [-0.05, 0) is 42.7 Å². The number of rotatable bonds is 3. The highest BCUT2D eigenvalue weighted by Gasteiger charge is 2.51. The maximum atomic E-state index is 12.5. The monoisotopic (exact) mass is 271 g/mol. The van der Waals surface area contributed by atoms with Gasteiger partial charge in [0.2, 0.25) is 5.91 Å². The zero-order valence-electron chi connectivity index (χ0n) is 10.4. The smallest absolute Gasteiger partial charge is 0.235 e. The number of nitrogens with one attached hydrogen (secondary N) is 1. The fourth-order valence-corrected chi connectivity index (χ4v) is 2.52. The van der Waals surface area contributed by atoms with Crippen LogP contribution in [0.25, 0.3) is 0 Å². The number of anilines is 1. The molecule has 1 saturated carbocycles. The summed E-state index contributed by atoms with van der Waals surface area (Å²) in [6.45, 7) is 0. The molecule has 0 radical (unpaired) electrons. The van der Waals surface area contributed by atoms with E-state index in [2.05, 4.69) is 5.32 Å². The fourth-order valence-electron chi connectivity index (χ4n) is 2.33. The molecular weight excluding hydrogens is 258 g/mol. The van der Waals surface area contributed by atoms with Gasteiger partial charge in [0.25, 0.3) is 0 Å². The molecule has 1 aliphatic carbocycles. The molecule has 1 fully saturated rings. The standard InChI is InChI=1S/C16H14ClNO/c17-13-6-4-5-12(11-13)16(9-10-16)15(19)18-14-7-2-1-3-8-14/h1-8,11H,9-10H2,(H,18,19). The lowest BCUT2D eigenvalue weighted by Gasteiger charge is -2.16. The van der Waals surface area contributed by atoms with Crippen LogP contribution < -0.4 is 5.32 Å². The van der Waals surface area contributed by atoms with Crippen molar-refractivity contribution in [3.8, 4) is 0 Å². The second kappa shape index (κ2) is 4.71. The summed E-state index contributed by atoms with van der Waals surface area (Å²) in [5, 5.41) is 3.66. The van der Waals surface area contributed by atoms with Crippen LogP contribution in [0.1, 0.15) is 18.4 Å². The van der Waals surface area contributed by atoms with Crippen LogP contribution in [-0.2, 0) is 10.2 Å². The summed E-state index contributed by atoms with van der Waals surface area (Å²) in [5.41, 5.74) is 1.45. The van der Waals surface area contributed by atoms with Gasteiger partial charge in [-0.25, -0.2) is 0 Å². The minimum absolute atomic E-state index is 0.0565. The molecule has 0 saturated heterocycles. The first-order valence-corrected chi connectivity index (χ1v) is 6.71. The third-order valence-corrected chi connectivity index (χ3v) is 3.83. The van der Waals surface area contributed by atoms with Crippen molar-refractivity contribution in [3.05, 3.63) is 65.2 Å². The van der Waals surface area contributed by atoms with Gasteiger partial charge in [0.05, 0.1) is 5.41 Å². The molecule has 0 atom stereocenters. The number of halogens is 1. The molecule has 1 aliphatic rings. The zero-order chi connectivity index (χ0) is 13.3. The van der Waals surface area contributed by atoms with E-state index < -0.39 is 0 Å². The number of benzene rings is 2. The normalized spacial score (nSPS) is 15.8. The van der Waals surface area contributed by atoms with Crippen molar-refractivity contribution in [2.75, 3.05) is 5.32 Å². The molecule has 0 aliphatic heterocycles. The Balaban J connectivity index is 1.83. The van der Waals surface area contributed by atoms with Crippen molar-refractivity contribution in [2.45, 2.75) is 18.3 Å². The van der Waals surface area contributed by atoms with Crippen molar-refractivity contribution in [2.24, 2.45) is 0 Å². The van der Waals surface area contributed by atoms with Gasteiger partial charge in [-0.3, -0.25) is 4.79 Å². The van der Waals surface area contributed by atoms with E-state index in [9.17, 15) is 4.79 Å². The Kier molecular flexibility index (Phi) is 3.03. The summed E-state index contributed by atoms with van der Waals surface area (Å²) in [6.07, 6.45) is 1.76. The number of para-hydroxylation sites is 1. The van der Waals surface area contributed by atoms with Gasteiger partial charge >= 0.3 is 0 Å². The Morgan fingerprint density at radius 3 is 2.42 bits per heavy atom. The summed E-state index contributed by atoms with van der Waals surface area (Å²) in [6, 6.07) is 17.1. The van der Waals surface area contributed by atoms with Gasteiger partial charge in [0.1, 0.15) is 0 Å². The Bertz CT molecular complexity index is 605. The van der Waals surface area contributed by atoms with Gasteiger partial charge in [-0.1, -0.05) is 41.9 Å². The molecule has 0 bridgehead atoms. The first-order valence-electron chi connectivity index (χ1n) is 6.33. The van der Waals surface area contributed by atoms with Gasteiger partial charge < -0.3 is 5.32 Å². The fraction of sp³-hybridized carbons (Fsp3) is 0.188. The SMILES string of the molecule is O=C(Nc1ccccc1)C1(c2cccc(Cl)c2)CC1. The average Bonchev–Trinajstić information content (AvgIpc) is 3.21. The second-order valence-electron chi connectivity index (χ2n) is 4.91. The van der Waals surface area contributed by atoms with E-state index in [-0.39, 0.29) is 11.3 Å². The van der Waals surface area contributed by atoms with Gasteiger partial charge in [-0.15, -0.1) is 0 Å². The summed E-state index contributed by atoms with van der Waals surface area (Å²) in [5.74, 6) is 0.0565. The third kappa shape index (κ3) is 2.36. The van der Waals surface area contributed by atoms with Crippen LogP contribution in [0, 0.1) is 0 Å². The number of hydrogen-bond acceptors (Lipinski definition) is 1. The van der Waals surface area contributed by atoms with Crippen molar-refractivity contribution >= 4 is 23.2 Å². The van der Waals surface area contributed by atoms with Crippen LogP contribution in [0.2, 0.25) is 5.02 Å². The largest absolute Gasteiger partial charge is 0.325 e. The first-order chi connectivity index (χ1) is 9.21. The molecule has 2 aromatic rings. The van der Waals surface area contributed by atoms with Crippen LogP contribution in [0.3, 0.4) is 0 Å².